The highest BCUT2D eigenvalue weighted by Gasteiger charge is 2.37. The Morgan fingerprint density at radius 2 is 2.12 bits per heavy atom. The van der Waals surface area contributed by atoms with Gasteiger partial charge in [0.2, 0.25) is 0 Å². The van der Waals surface area contributed by atoms with Crippen molar-refractivity contribution in [3.05, 3.63) is 0 Å². The molecule has 3 atom stereocenters. The maximum atomic E-state index is 5.49. The van der Waals surface area contributed by atoms with Crippen molar-refractivity contribution in [1.29, 1.82) is 0 Å². The molecule has 3 heteroatoms. The van der Waals surface area contributed by atoms with Gasteiger partial charge in [-0.2, -0.15) is 0 Å². The molecule has 3 nitrogen and oxygen atoms in total. The summed E-state index contributed by atoms with van der Waals surface area (Å²) in [6.45, 7) is 8.79. The van der Waals surface area contributed by atoms with E-state index < -0.39 is 0 Å². The first kappa shape index (κ1) is 13.3. The van der Waals surface area contributed by atoms with Crippen molar-refractivity contribution in [3.63, 3.8) is 0 Å². The van der Waals surface area contributed by atoms with Gasteiger partial charge in [0, 0.05) is 18.7 Å². The molecule has 1 N–H and O–H groups in total. The third kappa shape index (κ3) is 3.43. The van der Waals surface area contributed by atoms with E-state index in [1.807, 2.05) is 0 Å². The molecule has 2 fully saturated rings. The number of hydrogen-bond acceptors (Lipinski definition) is 3. The van der Waals surface area contributed by atoms with Crippen LogP contribution in [0.3, 0.4) is 0 Å². The van der Waals surface area contributed by atoms with Crippen LogP contribution in [0.15, 0.2) is 0 Å². The third-order valence-electron chi connectivity index (χ3n) is 4.34. The Labute approximate surface area is 106 Å². The van der Waals surface area contributed by atoms with Crippen molar-refractivity contribution < 1.29 is 4.74 Å². The molecule has 1 heterocycles. The third-order valence-corrected chi connectivity index (χ3v) is 4.34. The van der Waals surface area contributed by atoms with Gasteiger partial charge in [0.1, 0.15) is 0 Å². The predicted octanol–water partition coefficient (Wildman–Crippen LogP) is 1.73. The van der Waals surface area contributed by atoms with Crippen LogP contribution in [0.1, 0.15) is 33.1 Å². The molecule has 100 valence electrons. The lowest BCUT2D eigenvalue weighted by atomic mass is 9.78. The summed E-state index contributed by atoms with van der Waals surface area (Å²) in [6, 6.07) is 1.47. The molecule has 0 radical (unpaired) electrons. The van der Waals surface area contributed by atoms with Crippen LogP contribution in [0.2, 0.25) is 0 Å². The van der Waals surface area contributed by atoms with Crippen molar-refractivity contribution in [2.24, 2.45) is 11.8 Å². The van der Waals surface area contributed by atoms with Crippen LogP contribution in [-0.4, -0.2) is 50.3 Å². The molecular formula is C14H28N2O. The standard InChI is InChI=1S/C14H28N2O/c1-11(2)8-15-9-12-4-5-14(12)16(3)13-6-7-17-10-13/h11-15H,4-10H2,1-3H3. The molecule has 0 bridgehead atoms. The zero-order chi connectivity index (χ0) is 12.3. The van der Waals surface area contributed by atoms with E-state index in [1.165, 1.54) is 25.8 Å². The van der Waals surface area contributed by atoms with E-state index in [0.29, 0.717) is 6.04 Å². The lowest BCUT2D eigenvalue weighted by molar-refractivity contribution is 0.0436. The quantitative estimate of drug-likeness (QED) is 0.765. The maximum absolute atomic E-state index is 5.49. The Morgan fingerprint density at radius 3 is 2.65 bits per heavy atom. The van der Waals surface area contributed by atoms with Crippen molar-refractivity contribution in [3.8, 4) is 0 Å². The monoisotopic (exact) mass is 240 g/mol. The molecule has 0 aromatic heterocycles. The van der Waals surface area contributed by atoms with E-state index in [0.717, 1.165) is 37.6 Å². The summed E-state index contributed by atoms with van der Waals surface area (Å²) in [5.74, 6) is 1.62. The SMILES string of the molecule is CC(C)CNCC1CCC1N(C)C1CCOC1. The summed E-state index contributed by atoms with van der Waals surface area (Å²) >= 11 is 0. The zero-order valence-electron chi connectivity index (χ0n) is 11.6. The highest BCUT2D eigenvalue weighted by molar-refractivity contribution is 4.92. The van der Waals surface area contributed by atoms with Gasteiger partial charge in [-0.3, -0.25) is 4.90 Å². The van der Waals surface area contributed by atoms with Crippen LogP contribution >= 0.6 is 0 Å². The van der Waals surface area contributed by atoms with Gasteiger partial charge in [0.15, 0.2) is 0 Å². The van der Waals surface area contributed by atoms with Gasteiger partial charge in [-0.05, 0) is 51.2 Å². The minimum absolute atomic E-state index is 0.674. The molecule has 1 aliphatic heterocycles. The van der Waals surface area contributed by atoms with Crippen LogP contribution in [0.25, 0.3) is 0 Å². The molecular weight excluding hydrogens is 212 g/mol. The Bertz CT molecular complexity index is 226. The van der Waals surface area contributed by atoms with Crippen LogP contribution in [-0.2, 0) is 4.74 Å². The molecule has 2 aliphatic rings. The van der Waals surface area contributed by atoms with Gasteiger partial charge in [0.05, 0.1) is 6.61 Å². The number of rotatable bonds is 6. The fourth-order valence-corrected chi connectivity index (χ4v) is 3.00. The van der Waals surface area contributed by atoms with Crippen LogP contribution in [0.5, 0.6) is 0 Å². The minimum Gasteiger partial charge on any atom is -0.380 e. The van der Waals surface area contributed by atoms with Gasteiger partial charge in [-0.25, -0.2) is 0 Å². The normalized spacial score (nSPS) is 33.4. The second-order valence-electron chi connectivity index (χ2n) is 6.14. The summed E-state index contributed by atoms with van der Waals surface area (Å²) in [6.07, 6.45) is 3.99. The number of nitrogens with one attached hydrogen (secondary N) is 1. The second kappa shape index (κ2) is 6.17. The Kier molecular flexibility index (Phi) is 4.83. The van der Waals surface area contributed by atoms with E-state index in [2.05, 4.69) is 31.1 Å². The lowest BCUT2D eigenvalue weighted by Gasteiger charge is -2.45. The first-order chi connectivity index (χ1) is 8.18. The molecule has 3 unspecified atom stereocenters. The van der Waals surface area contributed by atoms with Crippen molar-refractivity contribution in [2.45, 2.75) is 45.2 Å². The molecule has 2 rings (SSSR count). The highest BCUT2D eigenvalue weighted by atomic mass is 16.5. The molecule has 17 heavy (non-hydrogen) atoms. The van der Waals surface area contributed by atoms with Gasteiger partial charge >= 0.3 is 0 Å². The molecule has 0 spiro atoms. The van der Waals surface area contributed by atoms with Crippen molar-refractivity contribution in [2.75, 3.05) is 33.4 Å². The van der Waals surface area contributed by atoms with Crippen molar-refractivity contribution >= 4 is 0 Å². The summed E-state index contributed by atoms with van der Waals surface area (Å²) in [4.78, 5) is 2.58. The van der Waals surface area contributed by atoms with E-state index in [4.69, 9.17) is 4.74 Å². The van der Waals surface area contributed by atoms with Crippen LogP contribution in [0.4, 0.5) is 0 Å². The topological polar surface area (TPSA) is 24.5 Å². The summed E-state index contributed by atoms with van der Waals surface area (Å²) in [5, 5.41) is 3.60. The average molecular weight is 240 g/mol. The number of likely N-dealkylation sites (N-methyl/N-ethyl adjacent to an activating group) is 1. The molecule has 0 aromatic carbocycles. The zero-order valence-corrected chi connectivity index (χ0v) is 11.6. The summed E-state index contributed by atoms with van der Waals surface area (Å²) in [5.41, 5.74) is 0. The maximum Gasteiger partial charge on any atom is 0.0622 e. The second-order valence-corrected chi connectivity index (χ2v) is 6.14. The van der Waals surface area contributed by atoms with E-state index >= 15 is 0 Å². The first-order valence-corrected chi connectivity index (χ1v) is 7.19. The fourth-order valence-electron chi connectivity index (χ4n) is 3.00. The minimum atomic E-state index is 0.674. The van der Waals surface area contributed by atoms with Crippen LogP contribution in [0, 0.1) is 11.8 Å². The van der Waals surface area contributed by atoms with Gasteiger partial charge < -0.3 is 10.1 Å². The predicted molar refractivity (Wildman–Crippen MR) is 71.2 cm³/mol. The first-order valence-electron chi connectivity index (χ1n) is 7.19. The molecule has 1 saturated heterocycles. The molecule has 0 amide bonds. The fraction of sp³-hybridized carbons (Fsp3) is 1.00. The number of nitrogens with zero attached hydrogens (tertiary/aromatic N) is 1. The molecule has 0 aromatic rings. The van der Waals surface area contributed by atoms with E-state index in [9.17, 15) is 0 Å². The van der Waals surface area contributed by atoms with Gasteiger partial charge in [0.25, 0.3) is 0 Å². The Morgan fingerprint density at radius 1 is 1.29 bits per heavy atom. The highest BCUT2D eigenvalue weighted by Crippen LogP contribution is 2.33. The smallest absolute Gasteiger partial charge is 0.0622 e. The van der Waals surface area contributed by atoms with Crippen LogP contribution < -0.4 is 5.32 Å². The van der Waals surface area contributed by atoms with E-state index in [-0.39, 0.29) is 0 Å². The Hall–Kier alpha value is -0.120. The Balaban J connectivity index is 1.70. The molecule has 1 saturated carbocycles. The van der Waals surface area contributed by atoms with Crippen molar-refractivity contribution in [1.82, 2.24) is 10.2 Å². The summed E-state index contributed by atoms with van der Waals surface area (Å²) in [7, 11) is 2.29. The largest absolute Gasteiger partial charge is 0.380 e. The van der Waals surface area contributed by atoms with E-state index in [1.54, 1.807) is 0 Å². The number of ether oxygens (including phenoxy) is 1. The summed E-state index contributed by atoms with van der Waals surface area (Å²) < 4.78 is 5.49. The van der Waals surface area contributed by atoms with Gasteiger partial charge in [-0.1, -0.05) is 13.8 Å². The average Bonchev–Trinajstić information content (AvgIpc) is 2.75. The molecule has 1 aliphatic carbocycles. The lowest BCUT2D eigenvalue weighted by Crippen LogP contribution is -2.52. The number of hydrogen-bond donors (Lipinski definition) is 1. The van der Waals surface area contributed by atoms with Gasteiger partial charge in [-0.15, -0.1) is 0 Å².